The van der Waals surface area contributed by atoms with Gasteiger partial charge in [0.25, 0.3) is 0 Å². The van der Waals surface area contributed by atoms with Gasteiger partial charge in [0.05, 0.1) is 19.3 Å². The van der Waals surface area contributed by atoms with Gasteiger partial charge in [0.1, 0.15) is 0 Å². The Bertz CT molecular complexity index is 382. The first-order valence-corrected chi connectivity index (χ1v) is 7.48. The molecule has 2 heterocycles. The third kappa shape index (κ3) is 2.97. The van der Waals surface area contributed by atoms with Gasteiger partial charge in [0.15, 0.2) is 6.10 Å². The van der Waals surface area contributed by atoms with E-state index in [0.29, 0.717) is 18.8 Å². The summed E-state index contributed by atoms with van der Waals surface area (Å²) in [4.78, 5) is 26.1. The molecular weight excluding hydrogens is 258 g/mol. The van der Waals surface area contributed by atoms with E-state index in [9.17, 15) is 9.59 Å². The topological polar surface area (TPSA) is 55.8 Å². The van der Waals surface area contributed by atoms with Crippen LogP contribution in [0.4, 0.5) is 0 Å². The van der Waals surface area contributed by atoms with Crippen LogP contribution in [0.15, 0.2) is 0 Å². The van der Waals surface area contributed by atoms with Crippen molar-refractivity contribution in [2.45, 2.75) is 70.7 Å². The first-order valence-electron chi connectivity index (χ1n) is 7.48. The zero-order valence-electron chi connectivity index (χ0n) is 12.8. The number of hydrogen-bond acceptors (Lipinski definition) is 4. The van der Waals surface area contributed by atoms with Crippen molar-refractivity contribution in [1.29, 1.82) is 0 Å². The fraction of sp³-hybridized carbons (Fsp3) is 0.867. The molecule has 2 rings (SSSR count). The summed E-state index contributed by atoms with van der Waals surface area (Å²) in [6.07, 6.45) is 2.41. The van der Waals surface area contributed by atoms with Crippen LogP contribution in [0.1, 0.15) is 46.5 Å². The highest BCUT2D eigenvalue weighted by molar-refractivity contribution is 5.78. The van der Waals surface area contributed by atoms with Gasteiger partial charge < -0.3 is 14.4 Å². The van der Waals surface area contributed by atoms with E-state index in [-0.39, 0.29) is 30.1 Å². The summed E-state index contributed by atoms with van der Waals surface area (Å²) in [5.74, 6) is 0.188. The lowest BCUT2D eigenvalue weighted by molar-refractivity contribution is -0.154. The number of ether oxygens (including phenoxy) is 2. The van der Waals surface area contributed by atoms with Gasteiger partial charge in [-0.15, -0.1) is 0 Å². The average Bonchev–Trinajstić information content (AvgIpc) is 2.80. The van der Waals surface area contributed by atoms with E-state index in [2.05, 4.69) is 6.92 Å². The molecule has 114 valence electrons. The van der Waals surface area contributed by atoms with Crippen LogP contribution >= 0.6 is 0 Å². The molecule has 0 N–H and O–H groups in total. The molecule has 0 aromatic carbocycles. The molecule has 0 aliphatic carbocycles. The van der Waals surface area contributed by atoms with E-state index in [4.69, 9.17) is 9.47 Å². The minimum atomic E-state index is -0.519. The molecule has 1 amide bonds. The van der Waals surface area contributed by atoms with E-state index >= 15 is 0 Å². The molecule has 0 aromatic heterocycles. The molecule has 2 saturated heterocycles. The van der Waals surface area contributed by atoms with Gasteiger partial charge in [-0.3, -0.25) is 4.79 Å². The largest absolute Gasteiger partial charge is 0.467 e. The summed E-state index contributed by atoms with van der Waals surface area (Å²) in [5.41, 5.74) is 0. The maximum Gasteiger partial charge on any atom is 0.335 e. The van der Waals surface area contributed by atoms with E-state index in [1.54, 1.807) is 0 Å². The van der Waals surface area contributed by atoms with Gasteiger partial charge in [-0.1, -0.05) is 13.8 Å². The highest BCUT2D eigenvalue weighted by Gasteiger charge is 2.47. The molecular formula is C15H25NO4. The summed E-state index contributed by atoms with van der Waals surface area (Å²) in [6, 6.07) is 0.247. The lowest BCUT2D eigenvalue weighted by Crippen LogP contribution is -2.53. The smallest absolute Gasteiger partial charge is 0.335 e. The number of hydrogen-bond donors (Lipinski definition) is 0. The molecule has 2 aliphatic rings. The normalized spacial score (nSPS) is 33.1. The second-order valence-electron chi connectivity index (χ2n) is 6.31. The van der Waals surface area contributed by atoms with Crippen molar-refractivity contribution in [3.8, 4) is 0 Å². The molecule has 5 nitrogen and oxygen atoms in total. The van der Waals surface area contributed by atoms with Gasteiger partial charge in [-0.05, 0) is 25.7 Å². The number of carbonyl (C=O) groups excluding carboxylic acids is 2. The predicted octanol–water partition coefficient (Wildman–Crippen LogP) is 1.74. The molecule has 20 heavy (non-hydrogen) atoms. The lowest BCUT2D eigenvalue weighted by Gasteiger charge is -2.41. The number of esters is 1. The number of fused-ring (bicyclic) bond motifs is 1. The number of carbonyl (C=O) groups is 2. The van der Waals surface area contributed by atoms with Crippen LogP contribution in [0.25, 0.3) is 0 Å². The van der Waals surface area contributed by atoms with Gasteiger partial charge in [0.2, 0.25) is 5.91 Å². The first kappa shape index (κ1) is 15.3. The average molecular weight is 283 g/mol. The Kier molecular flexibility index (Phi) is 4.68. The standard InChI is InChI=1S/C15H25NO4/c1-9(2)7-14(17)16-10(3)5-6-12-11(16)8-13(20-12)15(18)19-4/h9-13H,5-8H2,1-4H3/t10-,11+,12-,13-/m0/s1. The van der Waals surface area contributed by atoms with E-state index in [1.807, 2.05) is 18.7 Å². The Morgan fingerprint density at radius 1 is 1.35 bits per heavy atom. The Morgan fingerprint density at radius 3 is 2.65 bits per heavy atom. The Labute approximate surface area is 120 Å². The predicted molar refractivity (Wildman–Crippen MR) is 74.1 cm³/mol. The van der Waals surface area contributed by atoms with Gasteiger partial charge in [-0.2, -0.15) is 0 Å². The number of rotatable bonds is 3. The molecule has 0 saturated carbocycles. The van der Waals surface area contributed by atoms with Crippen molar-refractivity contribution in [2.24, 2.45) is 5.92 Å². The van der Waals surface area contributed by atoms with Crippen LogP contribution in [0, 0.1) is 5.92 Å². The summed E-state index contributed by atoms with van der Waals surface area (Å²) in [7, 11) is 1.37. The maximum absolute atomic E-state index is 12.5. The fourth-order valence-electron chi connectivity index (χ4n) is 3.32. The van der Waals surface area contributed by atoms with Crippen LogP contribution < -0.4 is 0 Å². The van der Waals surface area contributed by atoms with Gasteiger partial charge in [0, 0.05) is 18.9 Å². The van der Waals surface area contributed by atoms with Crippen LogP contribution in [-0.4, -0.2) is 48.2 Å². The van der Waals surface area contributed by atoms with Crippen LogP contribution in [0.2, 0.25) is 0 Å². The number of amides is 1. The zero-order chi connectivity index (χ0) is 14.9. The van der Waals surface area contributed by atoms with Crippen molar-refractivity contribution in [2.75, 3.05) is 7.11 Å². The molecule has 0 bridgehead atoms. The minimum absolute atomic E-state index is 0.0218. The summed E-state index contributed by atoms with van der Waals surface area (Å²) < 4.78 is 10.5. The zero-order valence-corrected chi connectivity index (χ0v) is 12.8. The summed E-state index contributed by atoms with van der Waals surface area (Å²) in [5, 5.41) is 0. The number of nitrogens with zero attached hydrogens (tertiary/aromatic N) is 1. The SMILES string of the molecule is COC(=O)[C@@H]1C[C@@H]2[C@H](CC[C@H](C)N2C(=O)CC(C)C)O1. The number of likely N-dealkylation sites (tertiary alicyclic amines) is 1. The van der Waals surface area contributed by atoms with Crippen LogP contribution in [0.3, 0.4) is 0 Å². The second-order valence-corrected chi connectivity index (χ2v) is 6.31. The maximum atomic E-state index is 12.5. The van der Waals surface area contributed by atoms with E-state index < -0.39 is 6.10 Å². The fourth-order valence-corrected chi connectivity index (χ4v) is 3.32. The Morgan fingerprint density at radius 2 is 2.05 bits per heavy atom. The first-order chi connectivity index (χ1) is 9.43. The van der Waals surface area contributed by atoms with Crippen molar-refractivity contribution < 1.29 is 19.1 Å². The van der Waals surface area contributed by atoms with Crippen molar-refractivity contribution in [3.05, 3.63) is 0 Å². The number of piperidine rings is 1. The third-order valence-electron chi connectivity index (χ3n) is 4.26. The molecule has 0 unspecified atom stereocenters. The van der Waals surface area contributed by atoms with Gasteiger partial charge >= 0.3 is 5.97 Å². The molecule has 5 heteroatoms. The van der Waals surface area contributed by atoms with E-state index in [1.165, 1.54) is 7.11 Å². The van der Waals surface area contributed by atoms with Crippen molar-refractivity contribution in [1.82, 2.24) is 4.90 Å². The summed E-state index contributed by atoms with van der Waals surface area (Å²) >= 11 is 0. The Balaban J connectivity index is 2.10. The van der Waals surface area contributed by atoms with Crippen LogP contribution in [0.5, 0.6) is 0 Å². The third-order valence-corrected chi connectivity index (χ3v) is 4.26. The Hall–Kier alpha value is -1.10. The highest BCUT2D eigenvalue weighted by Crippen LogP contribution is 2.35. The minimum Gasteiger partial charge on any atom is -0.467 e. The molecule has 2 fully saturated rings. The molecule has 0 radical (unpaired) electrons. The quantitative estimate of drug-likeness (QED) is 0.740. The molecule has 0 aromatic rings. The summed E-state index contributed by atoms with van der Waals surface area (Å²) in [6.45, 7) is 6.18. The van der Waals surface area contributed by atoms with Crippen molar-refractivity contribution >= 4 is 11.9 Å². The highest BCUT2D eigenvalue weighted by atomic mass is 16.6. The van der Waals surface area contributed by atoms with E-state index in [0.717, 1.165) is 12.8 Å². The number of methoxy groups -OCH3 is 1. The molecule has 0 spiro atoms. The molecule has 4 atom stereocenters. The lowest BCUT2D eigenvalue weighted by atomic mass is 9.91. The monoisotopic (exact) mass is 283 g/mol. The van der Waals surface area contributed by atoms with Crippen LogP contribution in [-0.2, 0) is 19.1 Å². The molecule has 2 aliphatic heterocycles. The van der Waals surface area contributed by atoms with Crippen molar-refractivity contribution in [3.63, 3.8) is 0 Å². The van der Waals surface area contributed by atoms with Gasteiger partial charge in [-0.25, -0.2) is 4.79 Å². The second kappa shape index (κ2) is 6.12.